The monoisotopic (exact) mass is 505 g/mol. The molecule has 3 N–H and O–H groups in total. The third-order valence-electron chi connectivity index (χ3n) is 6.72. The maximum absolute atomic E-state index is 14.7. The molecule has 1 aliphatic heterocycles. The zero-order valence-corrected chi connectivity index (χ0v) is 19.9. The molecular weight excluding hydrogens is 478 g/mol. The molecule has 7 nitrogen and oxygen atoms in total. The quantitative estimate of drug-likeness (QED) is 0.377. The Hall–Kier alpha value is -3.47. The number of H-pyrrole nitrogens is 1. The van der Waals surface area contributed by atoms with Gasteiger partial charge in [0.05, 0.1) is 16.7 Å². The van der Waals surface area contributed by atoms with Gasteiger partial charge in [-0.15, -0.1) is 0 Å². The molecule has 192 valence electrons. The van der Waals surface area contributed by atoms with E-state index < -0.39 is 28.9 Å². The van der Waals surface area contributed by atoms with Crippen LogP contribution in [0.25, 0.3) is 0 Å². The summed E-state index contributed by atoms with van der Waals surface area (Å²) in [6.45, 7) is 3.91. The summed E-state index contributed by atoms with van der Waals surface area (Å²) in [6, 6.07) is 9.47. The minimum Gasteiger partial charge on any atom is -0.481 e. The number of carboxylic acid groups (broad SMARTS) is 1. The van der Waals surface area contributed by atoms with Crippen molar-refractivity contribution >= 4 is 17.6 Å². The molecule has 36 heavy (non-hydrogen) atoms. The zero-order valence-electron chi connectivity index (χ0n) is 19.9. The summed E-state index contributed by atoms with van der Waals surface area (Å²) in [6.07, 6.45) is -4.32. The van der Waals surface area contributed by atoms with Gasteiger partial charge < -0.3 is 10.4 Å². The van der Waals surface area contributed by atoms with Crippen molar-refractivity contribution in [1.82, 2.24) is 20.1 Å². The highest BCUT2D eigenvalue weighted by Gasteiger charge is 2.45. The highest BCUT2D eigenvalue weighted by atomic mass is 19.4. The Morgan fingerprint density at radius 3 is 2.64 bits per heavy atom. The maximum atomic E-state index is 14.7. The summed E-state index contributed by atoms with van der Waals surface area (Å²) in [4.78, 5) is 18.6. The lowest BCUT2D eigenvalue weighted by Crippen LogP contribution is -2.50. The molecule has 0 spiro atoms. The number of aliphatic carboxylic acids is 1. The average Bonchev–Trinajstić information content (AvgIpc) is 3.22. The summed E-state index contributed by atoms with van der Waals surface area (Å²) in [7, 11) is 0. The molecule has 0 amide bonds. The van der Waals surface area contributed by atoms with E-state index in [9.17, 15) is 27.5 Å². The summed E-state index contributed by atoms with van der Waals surface area (Å²) in [5.74, 6) is -0.875. The summed E-state index contributed by atoms with van der Waals surface area (Å²) in [5, 5.41) is 19.9. The number of nitrogens with one attached hydrogen (secondary N) is 2. The molecule has 0 aliphatic carbocycles. The second-order valence-corrected chi connectivity index (χ2v) is 9.38. The number of carbonyl (C=O) groups is 1. The van der Waals surface area contributed by atoms with Gasteiger partial charge in [0.25, 0.3) is 0 Å². The molecule has 3 heterocycles. The first kappa shape index (κ1) is 25.6. The molecule has 0 bridgehead atoms. The Balaban J connectivity index is 1.52. The normalized spacial score (nSPS) is 20.9. The number of benzene rings is 1. The van der Waals surface area contributed by atoms with E-state index in [0.29, 0.717) is 11.6 Å². The summed E-state index contributed by atoms with van der Waals surface area (Å²) >= 11 is 0. The first-order valence-corrected chi connectivity index (χ1v) is 11.5. The molecule has 0 unspecified atom stereocenters. The topological polar surface area (TPSA) is 94.1 Å². The van der Waals surface area contributed by atoms with Crippen molar-refractivity contribution in [2.75, 3.05) is 11.9 Å². The van der Waals surface area contributed by atoms with Crippen LogP contribution in [-0.4, -0.2) is 43.7 Å². The highest BCUT2D eigenvalue weighted by molar-refractivity contribution is 5.75. The SMILES string of the molecule is Cc1cc(Nc2ccc(F)c(C[C@@]3(C(=O)O)CCN(Cc4ccccc4C(F)(F)F)[C@H](C)C3)n2)n[nH]1. The molecule has 3 aromatic rings. The minimum atomic E-state index is -4.47. The number of halogens is 4. The van der Waals surface area contributed by atoms with E-state index in [4.69, 9.17) is 0 Å². The lowest BCUT2D eigenvalue weighted by molar-refractivity contribution is -0.153. The molecule has 0 radical (unpaired) electrons. The van der Waals surface area contributed by atoms with Gasteiger partial charge in [0.15, 0.2) is 5.82 Å². The van der Waals surface area contributed by atoms with E-state index >= 15 is 0 Å². The van der Waals surface area contributed by atoms with Crippen molar-refractivity contribution in [3.8, 4) is 0 Å². The van der Waals surface area contributed by atoms with Crippen LogP contribution in [0.15, 0.2) is 42.5 Å². The standard InChI is InChI=1S/C25H27F4N5O2/c1-15-11-22(33-32-15)31-21-8-7-19(26)20(30-21)13-24(23(35)36)9-10-34(16(2)12-24)14-17-5-3-4-6-18(17)25(27,28)29/h3-8,11,16H,9-10,12-14H2,1-2H3,(H,35,36)(H2,30,31,32,33)/t16-,24-/m1/s1. The minimum absolute atomic E-state index is 0.0118. The van der Waals surface area contributed by atoms with Crippen LogP contribution in [0.2, 0.25) is 0 Å². The van der Waals surface area contributed by atoms with Crippen LogP contribution in [0, 0.1) is 18.2 Å². The number of piperidine rings is 1. The van der Waals surface area contributed by atoms with Gasteiger partial charge >= 0.3 is 12.1 Å². The van der Waals surface area contributed by atoms with Crippen LogP contribution in [-0.2, 0) is 23.9 Å². The number of rotatable bonds is 7. The Labute approximate surface area is 205 Å². The third kappa shape index (κ3) is 5.51. The first-order valence-electron chi connectivity index (χ1n) is 11.5. The van der Waals surface area contributed by atoms with E-state index in [1.807, 2.05) is 11.8 Å². The molecular formula is C25H27F4N5O2. The number of carboxylic acids is 1. The molecule has 11 heteroatoms. The predicted molar refractivity (Wildman–Crippen MR) is 125 cm³/mol. The number of aryl methyl sites for hydroxylation is 1. The van der Waals surface area contributed by atoms with E-state index in [2.05, 4.69) is 20.5 Å². The molecule has 0 saturated carbocycles. The van der Waals surface area contributed by atoms with Gasteiger partial charge in [0, 0.05) is 30.8 Å². The van der Waals surface area contributed by atoms with Gasteiger partial charge in [-0.05, 0) is 57.0 Å². The van der Waals surface area contributed by atoms with Gasteiger partial charge in [-0.1, -0.05) is 18.2 Å². The second kappa shape index (κ2) is 9.88. The number of pyridine rings is 1. The van der Waals surface area contributed by atoms with Gasteiger partial charge in [-0.3, -0.25) is 14.8 Å². The summed E-state index contributed by atoms with van der Waals surface area (Å²) < 4.78 is 55.0. The van der Waals surface area contributed by atoms with Crippen molar-refractivity contribution in [3.63, 3.8) is 0 Å². The number of aromatic amines is 1. The Bertz CT molecular complexity index is 1250. The van der Waals surface area contributed by atoms with Crippen molar-refractivity contribution in [2.24, 2.45) is 5.41 Å². The third-order valence-corrected chi connectivity index (χ3v) is 6.72. The van der Waals surface area contributed by atoms with Crippen LogP contribution in [0.4, 0.5) is 29.2 Å². The Morgan fingerprint density at radius 2 is 2.00 bits per heavy atom. The number of anilines is 2. The van der Waals surface area contributed by atoms with E-state index in [1.165, 1.54) is 24.3 Å². The number of hydrogen-bond acceptors (Lipinski definition) is 5. The molecule has 1 saturated heterocycles. The van der Waals surface area contributed by atoms with E-state index in [0.717, 1.165) is 11.8 Å². The largest absolute Gasteiger partial charge is 0.481 e. The predicted octanol–water partition coefficient (Wildman–Crippen LogP) is 5.31. The fraction of sp³-hybridized carbons (Fsp3) is 0.400. The van der Waals surface area contributed by atoms with Crippen LogP contribution in [0.1, 0.15) is 42.3 Å². The van der Waals surface area contributed by atoms with Crippen LogP contribution < -0.4 is 5.32 Å². The second-order valence-electron chi connectivity index (χ2n) is 9.38. The lowest BCUT2D eigenvalue weighted by Gasteiger charge is -2.43. The van der Waals surface area contributed by atoms with E-state index in [-0.39, 0.29) is 49.7 Å². The van der Waals surface area contributed by atoms with Gasteiger partial charge in [-0.25, -0.2) is 9.37 Å². The van der Waals surface area contributed by atoms with Gasteiger partial charge in [-0.2, -0.15) is 18.3 Å². The molecule has 4 rings (SSSR count). The number of aromatic nitrogens is 3. The van der Waals surface area contributed by atoms with Gasteiger partial charge in [0.1, 0.15) is 11.6 Å². The van der Waals surface area contributed by atoms with Crippen LogP contribution in [0.5, 0.6) is 0 Å². The molecule has 2 aromatic heterocycles. The van der Waals surface area contributed by atoms with Crippen LogP contribution in [0.3, 0.4) is 0 Å². The fourth-order valence-electron chi connectivity index (χ4n) is 4.81. The summed E-state index contributed by atoms with van der Waals surface area (Å²) in [5.41, 5.74) is -1.02. The number of nitrogens with zero attached hydrogens (tertiary/aromatic N) is 3. The Kier molecular flexibility index (Phi) is 7.03. The lowest BCUT2D eigenvalue weighted by atomic mass is 9.72. The van der Waals surface area contributed by atoms with E-state index in [1.54, 1.807) is 19.1 Å². The zero-order chi connectivity index (χ0) is 26.1. The van der Waals surface area contributed by atoms with Crippen LogP contribution >= 0.6 is 0 Å². The molecule has 1 aromatic carbocycles. The average molecular weight is 506 g/mol. The maximum Gasteiger partial charge on any atom is 0.416 e. The van der Waals surface area contributed by atoms with Gasteiger partial charge in [0.2, 0.25) is 0 Å². The smallest absolute Gasteiger partial charge is 0.416 e. The number of alkyl halides is 3. The van der Waals surface area contributed by atoms with Crippen molar-refractivity contribution in [3.05, 3.63) is 70.8 Å². The van der Waals surface area contributed by atoms with Crippen molar-refractivity contribution < 1.29 is 27.5 Å². The Morgan fingerprint density at radius 1 is 1.25 bits per heavy atom. The van der Waals surface area contributed by atoms with Crippen molar-refractivity contribution in [2.45, 2.75) is 51.9 Å². The van der Waals surface area contributed by atoms with Crippen molar-refractivity contribution in [1.29, 1.82) is 0 Å². The molecule has 2 atom stereocenters. The highest BCUT2D eigenvalue weighted by Crippen LogP contribution is 2.40. The number of hydrogen-bond donors (Lipinski definition) is 3. The number of likely N-dealkylation sites (tertiary alicyclic amines) is 1. The molecule has 1 aliphatic rings. The first-order chi connectivity index (χ1) is 17.0. The fourth-order valence-corrected chi connectivity index (χ4v) is 4.81. The molecule has 1 fully saturated rings.